The molecule has 0 spiro atoms. The molecule has 3 nitrogen and oxygen atoms in total. The van der Waals surface area contributed by atoms with Crippen LogP contribution in [0.3, 0.4) is 0 Å². The number of hydrogen-bond donors (Lipinski definition) is 2. The number of carbonyl (C=O) groups is 1. The molecule has 42 valence electrons. The van der Waals surface area contributed by atoms with E-state index in [0.29, 0.717) is 0 Å². The zero-order valence-electron chi connectivity index (χ0n) is 3.01. The molecule has 0 heterocycles. The second-order valence-corrected chi connectivity index (χ2v) is 0.752. The fourth-order valence-corrected chi connectivity index (χ4v) is 0. The van der Waals surface area contributed by atoms with Crippen molar-refractivity contribution >= 4 is 5.97 Å². The Hall–Kier alpha value is -0.990. The van der Waals surface area contributed by atoms with Gasteiger partial charge in [0.25, 0.3) is 0 Å². The smallest absolute Gasteiger partial charge is 0.370 e. The minimum Gasteiger partial charge on any atom is -0.502 e. The first-order valence-corrected chi connectivity index (χ1v) is 1.25. The Morgan fingerprint density at radius 1 is 1.43 bits per heavy atom. The lowest BCUT2D eigenvalue weighted by atomic mass is 10.6. The van der Waals surface area contributed by atoms with Gasteiger partial charge >= 0.3 is 5.97 Å². The first kappa shape index (κ1) is 9.38. The first-order valence-electron chi connectivity index (χ1n) is 1.25. The largest absolute Gasteiger partial charge is 0.502 e. The van der Waals surface area contributed by atoms with Gasteiger partial charge in [-0.1, -0.05) is 7.43 Å². The number of aliphatic hydroxyl groups excluding tert-OH is 1. The van der Waals surface area contributed by atoms with Crippen LogP contribution in [0.4, 0.5) is 0 Å². The van der Waals surface area contributed by atoms with Crippen molar-refractivity contribution in [1.29, 1.82) is 0 Å². The number of aliphatic carboxylic acids is 1. The normalized spacial score (nSPS) is 6.29. The van der Waals surface area contributed by atoms with E-state index >= 15 is 0 Å². The molecule has 0 aromatic rings. The van der Waals surface area contributed by atoms with Crippen molar-refractivity contribution in [3.05, 3.63) is 12.3 Å². The lowest BCUT2D eigenvalue weighted by Crippen LogP contribution is -1.95. The van der Waals surface area contributed by atoms with Crippen LogP contribution in [0.25, 0.3) is 0 Å². The van der Waals surface area contributed by atoms with Crippen molar-refractivity contribution in [2.75, 3.05) is 0 Å². The van der Waals surface area contributed by atoms with E-state index in [1.165, 1.54) is 0 Å². The Balaban J connectivity index is 0. The molecule has 0 aromatic carbocycles. The molecule has 0 unspecified atom stereocenters. The van der Waals surface area contributed by atoms with E-state index in [1.807, 2.05) is 0 Å². The number of carboxylic acid groups (broad SMARTS) is 1. The SMILES string of the molecule is C.C=C(O)C(=O)O. The summed E-state index contributed by atoms with van der Waals surface area (Å²) >= 11 is 0. The molecule has 7 heavy (non-hydrogen) atoms. The molecule has 0 fully saturated rings. The fraction of sp³-hybridized carbons (Fsp3) is 0.250. The Labute approximate surface area is 41.9 Å². The summed E-state index contributed by atoms with van der Waals surface area (Å²) in [6.45, 7) is 2.71. The quantitative estimate of drug-likeness (QED) is 0.381. The van der Waals surface area contributed by atoms with Crippen molar-refractivity contribution < 1.29 is 15.0 Å². The van der Waals surface area contributed by atoms with Crippen molar-refractivity contribution in [1.82, 2.24) is 0 Å². The molecule has 0 bridgehead atoms. The van der Waals surface area contributed by atoms with Gasteiger partial charge in [-0.25, -0.2) is 4.79 Å². The first-order chi connectivity index (χ1) is 2.64. The summed E-state index contributed by atoms with van der Waals surface area (Å²) in [4.78, 5) is 9.35. The van der Waals surface area contributed by atoms with E-state index < -0.39 is 11.7 Å². The van der Waals surface area contributed by atoms with Gasteiger partial charge in [0, 0.05) is 0 Å². The maximum absolute atomic E-state index is 9.35. The van der Waals surface area contributed by atoms with Crippen LogP contribution in [-0.2, 0) is 4.79 Å². The summed E-state index contributed by atoms with van der Waals surface area (Å²) in [7, 11) is 0. The van der Waals surface area contributed by atoms with E-state index in [2.05, 4.69) is 6.58 Å². The zero-order valence-corrected chi connectivity index (χ0v) is 3.01. The van der Waals surface area contributed by atoms with Gasteiger partial charge in [-0.2, -0.15) is 0 Å². The highest BCUT2D eigenvalue weighted by molar-refractivity contribution is 5.82. The van der Waals surface area contributed by atoms with Crippen molar-refractivity contribution in [3.63, 3.8) is 0 Å². The van der Waals surface area contributed by atoms with Gasteiger partial charge in [0.2, 0.25) is 0 Å². The van der Waals surface area contributed by atoms with Gasteiger partial charge in [-0.05, 0) is 6.58 Å². The second kappa shape index (κ2) is 3.21. The maximum atomic E-state index is 9.35. The molecular formula is C4H8O3. The van der Waals surface area contributed by atoms with Crippen molar-refractivity contribution in [2.45, 2.75) is 7.43 Å². The summed E-state index contributed by atoms with van der Waals surface area (Å²) < 4.78 is 0. The van der Waals surface area contributed by atoms with Crippen molar-refractivity contribution in [2.24, 2.45) is 0 Å². The van der Waals surface area contributed by atoms with Crippen LogP contribution < -0.4 is 0 Å². The van der Waals surface area contributed by atoms with E-state index in [-0.39, 0.29) is 7.43 Å². The molecule has 0 saturated carbocycles. The number of aliphatic hydroxyl groups is 1. The predicted octanol–water partition coefficient (Wildman–Crippen LogP) is 0.779. The number of rotatable bonds is 1. The number of hydrogen-bond acceptors (Lipinski definition) is 2. The average Bonchev–Trinajstić information content (AvgIpc) is 1.36. The van der Waals surface area contributed by atoms with Gasteiger partial charge in [0.15, 0.2) is 5.76 Å². The van der Waals surface area contributed by atoms with Gasteiger partial charge in [0.05, 0.1) is 0 Å². The van der Waals surface area contributed by atoms with Crippen LogP contribution in [-0.4, -0.2) is 16.2 Å². The standard InChI is InChI=1S/C3H4O3.CH4/c1-2(4)3(5)6;/h4H,1H2,(H,5,6);1H4. The fourth-order valence-electron chi connectivity index (χ4n) is 0. The monoisotopic (exact) mass is 104 g/mol. The second-order valence-electron chi connectivity index (χ2n) is 0.752. The molecule has 0 rings (SSSR count). The molecule has 0 aliphatic heterocycles. The van der Waals surface area contributed by atoms with Crippen LogP contribution in [0.15, 0.2) is 12.3 Å². The molecular weight excluding hydrogens is 96.0 g/mol. The van der Waals surface area contributed by atoms with E-state index in [4.69, 9.17) is 10.2 Å². The Morgan fingerprint density at radius 3 is 1.57 bits per heavy atom. The van der Waals surface area contributed by atoms with Crippen molar-refractivity contribution in [3.8, 4) is 0 Å². The zero-order chi connectivity index (χ0) is 5.15. The topological polar surface area (TPSA) is 57.5 Å². The highest BCUT2D eigenvalue weighted by Gasteiger charge is 1.94. The predicted molar refractivity (Wildman–Crippen MR) is 26.1 cm³/mol. The number of carboxylic acids is 1. The van der Waals surface area contributed by atoms with E-state index in [0.717, 1.165) is 0 Å². The Bertz CT molecular complexity index is 72.9. The molecule has 0 aliphatic carbocycles. The highest BCUT2D eigenvalue weighted by atomic mass is 16.4. The molecule has 3 heteroatoms. The lowest BCUT2D eigenvalue weighted by molar-refractivity contribution is -0.135. The third kappa shape index (κ3) is 5.01. The average molecular weight is 104 g/mol. The van der Waals surface area contributed by atoms with Gasteiger partial charge in [-0.3, -0.25) is 0 Å². The molecule has 0 saturated heterocycles. The van der Waals surface area contributed by atoms with E-state index in [1.54, 1.807) is 0 Å². The Morgan fingerprint density at radius 2 is 1.57 bits per heavy atom. The van der Waals surface area contributed by atoms with Crippen LogP contribution in [0.5, 0.6) is 0 Å². The summed E-state index contributed by atoms with van der Waals surface area (Å²) in [6, 6.07) is 0. The molecule has 0 atom stereocenters. The summed E-state index contributed by atoms with van der Waals surface area (Å²) in [5.41, 5.74) is 0. The van der Waals surface area contributed by atoms with Crippen LogP contribution in [0, 0.1) is 0 Å². The molecule has 0 radical (unpaired) electrons. The molecule has 0 amide bonds. The maximum Gasteiger partial charge on any atom is 0.370 e. The van der Waals surface area contributed by atoms with Gasteiger partial charge < -0.3 is 10.2 Å². The third-order valence-corrected chi connectivity index (χ3v) is 0.247. The van der Waals surface area contributed by atoms with Crippen LogP contribution >= 0.6 is 0 Å². The summed E-state index contributed by atoms with van der Waals surface area (Å²) in [6.07, 6.45) is 0. The molecule has 2 N–H and O–H groups in total. The molecule has 0 aromatic heterocycles. The van der Waals surface area contributed by atoms with Crippen LogP contribution in [0.1, 0.15) is 7.43 Å². The Kier molecular flexibility index (Phi) is 4.30. The van der Waals surface area contributed by atoms with Gasteiger partial charge in [-0.15, -0.1) is 0 Å². The molecule has 0 aliphatic rings. The minimum absolute atomic E-state index is 0. The summed E-state index contributed by atoms with van der Waals surface area (Å²) in [5, 5.41) is 15.5. The van der Waals surface area contributed by atoms with E-state index in [9.17, 15) is 4.79 Å². The summed E-state index contributed by atoms with van der Waals surface area (Å²) in [5.74, 6) is -2.20. The third-order valence-electron chi connectivity index (χ3n) is 0.247. The highest BCUT2D eigenvalue weighted by Crippen LogP contribution is 1.75. The van der Waals surface area contributed by atoms with Gasteiger partial charge in [0.1, 0.15) is 0 Å². The van der Waals surface area contributed by atoms with Crippen LogP contribution in [0.2, 0.25) is 0 Å². The lowest BCUT2D eigenvalue weighted by Gasteiger charge is -1.79. The minimum atomic E-state index is -1.38.